The standard InChI is InChI=1S/C12H13FN4O2/c13-10-2-1-8(3-5-14)7-9(10)12(19)11(18)4-6-16-17-15/h1-2,7,11-12,18-19H,3-4,6H2. The highest BCUT2D eigenvalue weighted by molar-refractivity contribution is 5.29. The summed E-state index contributed by atoms with van der Waals surface area (Å²) in [6.07, 6.45) is -2.55. The first kappa shape index (κ1) is 14.9. The van der Waals surface area contributed by atoms with Gasteiger partial charge in [-0.15, -0.1) is 0 Å². The van der Waals surface area contributed by atoms with E-state index in [1.807, 2.05) is 6.07 Å². The molecule has 0 fully saturated rings. The van der Waals surface area contributed by atoms with Crippen molar-refractivity contribution in [1.29, 1.82) is 5.26 Å². The summed E-state index contributed by atoms with van der Waals surface area (Å²) in [5.41, 5.74) is 8.59. The maximum Gasteiger partial charge on any atom is 0.129 e. The van der Waals surface area contributed by atoms with Crippen LogP contribution in [0, 0.1) is 17.1 Å². The average molecular weight is 264 g/mol. The lowest BCUT2D eigenvalue weighted by Gasteiger charge is -2.18. The molecular formula is C12H13FN4O2. The lowest BCUT2D eigenvalue weighted by atomic mass is 9.99. The van der Waals surface area contributed by atoms with Gasteiger partial charge in [0.1, 0.15) is 11.9 Å². The van der Waals surface area contributed by atoms with Crippen LogP contribution < -0.4 is 0 Å². The minimum Gasteiger partial charge on any atom is -0.390 e. The molecule has 0 spiro atoms. The highest BCUT2D eigenvalue weighted by atomic mass is 19.1. The molecule has 7 heteroatoms. The van der Waals surface area contributed by atoms with E-state index in [0.29, 0.717) is 5.56 Å². The molecule has 0 aliphatic heterocycles. The number of aliphatic hydroxyl groups is 2. The smallest absolute Gasteiger partial charge is 0.129 e. The Hall–Kier alpha value is -2.13. The van der Waals surface area contributed by atoms with Gasteiger partial charge in [-0.05, 0) is 29.6 Å². The molecular weight excluding hydrogens is 251 g/mol. The van der Waals surface area contributed by atoms with E-state index < -0.39 is 18.0 Å². The van der Waals surface area contributed by atoms with Crippen LogP contribution >= 0.6 is 0 Å². The summed E-state index contributed by atoms with van der Waals surface area (Å²) in [4.78, 5) is 2.52. The van der Waals surface area contributed by atoms with Gasteiger partial charge in [-0.2, -0.15) is 5.26 Å². The van der Waals surface area contributed by atoms with Crippen LogP contribution in [0.4, 0.5) is 4.39 Å². The van der Waals surface area contributed by atoms with E-state index in [4.69, 9.17) is 10.8 Å². The van der Waals surface area contributed by atoms with Gasteiger partial charge in [0, 0.05) is 17.0 Å². The molecule has 0 aliphatic carbocycles. The van der Waals surface area contributed by atoms with Gasteiger partial charge in [-0.25, -0.2) is 4.39 Å². The Morgan fingerprint density at radius 2 is 2.21 bits per heavy atom. The SMILES string of the molecule is N#CCc1ccc(F)c(C(O)C(O)CCN=[N+]=[N-])c1. The van der Waals surface area contributed by atoms with Crippen molar-refractivity contribution in [2.45, 2.75) is 25.0 Å². The van der Waals surface area contributed by atoms with Gasteiger partial charge in [0.2, 0.25) is 0 Å². The number of benzene rings is 1. The minimum absolute atomic E-state index is 0.00817. The average Bonchev–Trinajstić information content (AvgIpc) is 2.40. The molecule has 0 saturated carbocycles. The monoisotopic (exact) mass is 264 g/mol. The second-order valence-corrected chi connectivity index (χ2v) is 3.95. The number of azide groups is 1. The molecule has 19 heavy (non-hydrogen) atoms. The predicted octanol–water partition coefficient (Wildman–Crippen LogP) is 1.99. The number of nitrogens with zero attached hydrogens (tertiary/aromatic N) is 4. The molecule has 1 rings (SSSR count). The third-order valence-corrected chi connectivity index (χ3v) is 2.61. The summed E-state index contributed by atoms with van der Waals surface area (Å²) in [6.45, 7) is 0.00817. The summed E-state index contributed by atoms with van der Waals surface area (Å²) in [5, 5.41) is 31.3. The summed E-state index contributed by atoms with van der Waals surface area (Å²) >= 11 is 0. The molecule has 6 nitrogen and oxygen atoms in total. The first-order valence-electron chi connectivity index (χ1n) is 5.62. The van der Waals surface area contributed by atoms with E-state index in [-0.39, 0.29) is 24.9 Å². The van der Waals surface area contributed by atoms with Crippen molar-refractivity contribution in [3.05, 3.63) is 45.6 Å². The molecule has 0 radical (unpaired) electrons. The van der Waals surface area contributed by atoms with Crippen molar-refractivity contribution in [1.82, 2.24) is 0 Å². The fourth-order valence-corrected chi connectivity index (χ4v) is 1.62. The molecule has 0 amide bonds. The van der Waals surface area contributed by atoms with Crippen molar-refractivity contribution in [2.24, 2.45) is 5.11 Å². The molecule has 2 atom stereocenters. The number of aliphatic hydroxyl groups excluding tert-OH is 2. The molecule has 100 valence electrons. The summed E-state index contributed by atoms with van der Waals surface area (Å²) in [6, 6.07) is 5.86. The largest absolute Gasteiger partial charge is 0.390 e. The summed E-state index contributed by atoms with van der Waals surface area (Å²) < 4.78 is 13.6. The minimum atomic E-state index is -1.42. The topological polar surface area (TPSA) is 113 Å². The quantitative estimate of drug-likeness (QED) is 0.465. The zero-order valence-corrected chi connectivity index (χ0v) is 10.1. The third kappa shape index (κ3) is 4.23. The number of nitriles is 1. The Morgan fingerprint density at radius 1 is 1.47 bits per heavy atom. The summed E-state index contributed by atoms with van der Waals surface area (Å²) in [5.74, 6) is -0.656. The molecule has 1 aromatic carbocycles. The number of hydrogen-bond donors (Lipinski definition) is 2. The lowest BCUT2D eigenvalue weighted by Crippen LogP contribution is -2.20. The highest BCUT2D eigenvalue weighted by Gasteiger charge is 2.21. The zero-order chi connectivity index (χ0) is 14.3. The molecule has 0 aliphatic rings. The van der Waals surface area contributed by atoms with E-state index >= 15 is 0 Å². The Labute approximate surface area is 109 Å². The van der Waals surface area contributed by atoms with E-state index in [1.165, 1.54) is 12.1 Å². The van der Waals surface area contributed by atoms with Crippen molar-refractivity contribution in [3.8, 4) is 6.07 Å². The Kier molecular flexibility index (Phi) is 5.76. The predicted molar refractivity (Wildman–Crippen MR) is 65.3 cm³/mol. The van der Waals surface area contributed by atoms with Gasteiger partial charge in [0.15, 0.2) is 0 Å². The molecule has 2 unspecified atom stereocenters. The molecule has 1 aromatic rings. The maximum absolute atomic E-state index is 13.6. The van der Waals surface area contributed by atoms with E-state index in [1.54, 1.807) is 0 Å². The number of halogens is 1. The number of hydrogen-bond acceptors (Lipinski definition) is 4. The Balaban J connectivity index is 2.85. The second-order valence-electron chi connectivity index (χ2n) is 3.95. The molecule has 0 heterocycles. The van der Waals surface area contributed by atoms with Crippen LogP contribution in [-0.2, 0) is 6.42 Å². The normalized spacial score (nSPS) is 13.2. The van der Waals surface area contributed by atoms with E-state index in [2.05, 4.69) is 10.0 Å². The lowest BCUT2D eigenvalue weighted by molar-refractivity contribution is 0.0129. The first-order chi connectivity index (χ1) is 9.10. The van der Waals surface area contributed by atoms with Crippen LogP contribution in [0.3, 0.4) is 0 Å². The van der Waals surface area contributed by atoms with Gasteiger partial charge in [0.05, 0.1) is 18.6 Å². The van der Waals surface area contributed by atoms with E-state index in [9.17, 15) is 14.6 Å². The van der Waals surface area contributed by atoms with Crippen LogP contribution in [0.25, 0.3) is 10.4 Å². The Bertz CT molecular complexity index is 523. The summed E-state index contributed by atoms with van der Waals surface area (Å²) in [7, 11) is 0. The van der Waals surface area contributed by atoms with Crippen LogP contribution in [0.1, 0.15) is 23.7 Å². The van der Waals surface area contributed by atoms with Crippen molar-refractivity contribution in [3.63, 3.8) is 0 Å². The van der Waals surface area contributed by atoms with Crippen molar-refractivity contribution < 1.29 is 14.6 Å². The van der Waals surface area contributed by atoms with Crippen LogP contribution in [0.5, 0.6) is 0 Å². The van der Waals surface area contributed by atoms with Gasteiger partial charge < -0.3 is 10.2 Å². The van der Waals surface area contributed by atoms with Crippen LogP contribution in [0.2, 0.25) is 0 Å². The number of rotatable bonds is 6. The van der Waals surface area contributed by atoms with Gasteiger partial charge in [-0.3, -0.25) is 0 Å². The van der Waals surface area contributed by atoms with Crippen molar-refractivity contribution >= 4 is 0 Å². The highest BCUT2D eigenvalue weighted by Crippen LogP contribution is 2.23. The van der Waals surface area contributed by atoms with Gasteiger partial charge in [0.25, 0.3) is 0 Å². The molecule has 2 N–H and O–H groups in total. The third-order valence-electron chi connectivity index (χ3n) is 2.61. The van der Waals surface area contributed by atoms with Gasteiger partial charge in [-0.1, -0.05) is 11.2 Å². The maximum atomic E-state index is 13.6. The zero-order valence-electron chi connectivity index (χ0n) is 10.1. The fraction of sp³-hybridized carbons (Fsp3) is 0.417. The van der Waals surface area contributed by atoms with Gasteiger partial charge >= 0.3 is 0 Å². The first-order valence-corrected chi connectivity index (χ1v) is 5.62. The van der Waals surface area contributed by atoms with E-state index in [0.717, 1.165) is 6.07 Å². The van der Waals surface area contributed by atoms with Crippen LogP contribution in [-0.4, -0.2) is 22.9 Å². The van der Waals surface area contributed by atoms with Crippen molar-refractivity contribution in [2.75, 3.05) is 6.54 Å². The van der Waals surface area contributed by atoms with Crippen LogP contribution in [0.15, 0.2) is 23.3 Å². The molecule has 0 bridgehead atoms. The fourth-order valence-electron chi connectivity index (χ4n) is 1.62. The molecule has 0 aromatic heterocycles. The second kappa shape index (κ2) is 7.34. The molecule has 0 saturated heterocycles. The Morgan fingerprint density at radius 3 is 2.84 bits per heavy atom.